The number of hydrogen-bond donors (Lipinski definition) is 1. The van der Waals surface area contributed by atoms with Crippen molar-refractivity contribution >= 4 is 16.9 Å². The minimum atomic E-state index is -0.865. The molecule has 1 aliphatic rings. The maximum atomic E-state index is 11.2. The van der Waals surface area contributed by atoms with Gasteiger partial charge >= 0.3 is 5.97 Å². The van der Waals surface area contributed by atoms with E-state index in [4.69, 9.17) is 0 Å². The number of hydrogen-bond acceptors (Lipinski definition) is 2. The van der Waals surface area contributed by atoms with Gasteiger partial charge in [0.1, 0.15) is 0 Å². The Morgan fingerprint density at radius 2 is 1.91 bits per heavy atom. The third kappa shape index (κ3) is 2.88. The van der Waals surface area contributed by atoms with Gasteiger partial charge in [0.15, 0.2) is 0 Å². The molecule has 1 aromatic carbocycles. The molecule has 1 aromatic heterocycles. The Hall–Kier alpha value is -1.81. The maximum Gasteiger partial charge on any atom is 0.335 e. The maximum absolute atomic E-state index is 11.2. The van der Waals surface area contributed by atoms with Gasteiger partial charge in [-0.25, -0.2) is 4.79 Å². The van der Waals surface area contributed by atoms with Crippen LogP contribution in [-0.2, 0) is 6.54 Å². The van der Waals surface area contributed by atoms with Crippen LogP contribution in [0.3, 0.4) is 0 Å². The predicted octanol–water partition coefficient (Wildman–Crippen LogP) is 3.91. The number of carboxylic acids is 1. The largest absolute Gasteiger partial charge is 0.478 e. The van der Waals surface area contributed by atoms with Crippen molar-refractivity contribution in [1.82, 2.24) is 9.47 Å². The highest BCUT2D eigenvalue weighted by Crippen LogP contribution is 2.27. The van der Waals surface area contributed by atoms with Crippen molar-refractivity contribution < 1.29 is 9.90 Å². The van der Waals surface area contributed by atoms with E-state index < -0.39 is 5.97 Å². The highest BCUT2D eigenvalue weighted by molar-refractivity contribution is 5.93. The number of aromatic carboxylic acids is 1. The minimum Gasteiger partial charge on any atom is -0.478 e. The molecule has 1 saturated heterocycles. The van der Waals surface area contributed by atoms with Crippen LogP contribution >= 0.6 is 0 Å². The summed E-state index contributed by atoms with van der Waals surface area (Å²) in [5.74, 6) is -0.865. The molecule has 4 heteroatoms. The summed E-state index contributed by atoms with van der Waals surface area (Å²) in [6.45, 7) is 7.61. The van der Waals surface area contributed by atoms with Crippen LogP contribution in [-0.4, -0.2) is 33.6 Å². The predicted molar refractivity (Wildman–Crippen MR) is 88.4 cm³/mol. The lowest BCUT2D eigenvalue weighted by Gasteiger charge is -2.27. The number of carboxylic acid groups (broad SMARTS) is 1. The lowest BCUT2D eigenvalue weighted by Crippen LogP contribution is -2.30. The van der Waals surface area contributed by atoms with Crippen LogP contribution in [0, 0.1) is 0 Å². The van der Waals surface area contributed by atoms with Crippen molar-refractivity contribution in [3.05, 3.63) is 35.5 Å². The van der Waals surface area contributed by atoms with Crippen molar-refractivity contribution in [2.75, 3.05) is 13.1 Å². The zero-order valence-corrected chi connectivity index (χ0v) is 13.4. The van der Waals surface area contributed by atoms with Crippen molar-refractivity contribution in [3.63, 3.8) is 0 Å². The molecule has 0 amide bonds. The van der Waals surface area contributed by atoms with E-state index in [0.29, 0.717) is 11.6 Å². The summed E-state index contributed by atoms with van der Waals surface area (Å²) in [5.41, 5.74) is 2.67. The molecule has 0 atom stereocenters. The smallest absolute Gasteiger partial charge is 0.335 e. The fourth-order valence-corrected chi connectivity index (χ4v) is 3.49. The molecule has 2 aromatic rings. The first kappa shape index (κ1) is 15.1. The van der Waals surface area contributed by atoms with Crippen molar-refractivity contribution in [2.24, 2.45) is 0 Å². The Kier molecular flexibility index (Phi) is 4.21. The Balaban J connectivity index is 2.01. The SMILES string of the molecule is CC(C)n1c(CN2CCCCC2)cc2ccc(C(=O)O)cc21. The Morgan fingerprint density at radius 1 is 1.18 bits per heavy atom. The third-order valence-corrected chi connectivity index (χ3v) is 4.52. The number of benzene rings is 1. The van der Waals surface area contributed by atoms with Crippen molar-refractivity contribution in [2.45, 2.75) is 45.7 Å². The molecule has 0 unspecified atom stereocenters. The Bertz CT molecular complexity index is 682. The van der Waals surface area contributed by atoms with E-state index in [1.807, 2.05) is 6.07 Å². The number of rotatable bonds is 4. The number of fused-ring (bicyclic) bond motifs is 1. The number of piperidine rings is 1. The second-order valence-corrected chi connectivity index (χ2v) is 6.51. The average Bonchev–Trinajstić information content (AvgIpc) is 2.85. The van der Waals surface area contributed by atoms with E-state index in [2.05, 4.69) is 29.4 Å². The van der Waals surface area contributed by atoms with Gasteiger partial charge in [0.2, 0.25) is 0 Å². The Labute approximate surface area is 131 Å². The topological polar surface area (TPSA) is 45.5 Å². The molecular formula is C18H24N2O2. The quantitative estimate of drug-likeness (QED) is 0.931. The molecule has 1 N–H and O–H groups in total. The third-order valence-electron chi connectivity index (χ3n) is 4.52. The molecule has 3 rings (SSSR count). The number of carbonyl (C=O) groups is 1. The van der Waals surface area contributed by atoms with Gasteiger partial charge in [0.05, 0.1) is 5.56 Å². The minimum absolute atomic E-state index is 0.321. The van der Waals surface area contributed by atoms with Gasteiger partial charge < -0.3 is 9.67 Å². The molecule has 0 radical (unpaired) electrons. The molecule has 1 fully saturated rings. The summed E-state index contributed by atoms with van der Waals surface area (Å²) in [7, 11) is 0. The van der Waals surface area contributed by atoms with Gasteiger partial charge in [-0.15, -0.1) is 0 Å². The summed E-state index contributed by atoms with van der Waals surface area (Å²) in [6, 6.07) is 7.96. The van der Waals surface area contributed by atoms with Crippen LogP contribution in [0.1, 0.15) is 55.2 Å². The average molecular weight is 300 g/mol. The van der Waals surface area contributed by atoms with Crippen LogP contribution in [0.15, 0.2) is 24.3 Å². The standard InChI is InChI=1S/C18H24N2O2/c1-13(2)20-16(12-19-8-4-3-5-9-19)10-14-6-7-15(18(21)22)11-17(14)20/h6-7,10-11,13H,3-5,8-9,12H2,1-2H3,(H,21,22). The summed E-state index contributed by atoms with van der Waals surface area (Å²) in [6.07, 6.45) is 3.90. The highest BCUT2D eigenvalue weighted by Gasteiger charge is 2.17. The van der Waals surface area contributed by atoms with Gasteiger partial charge in [-0.2, -0.15) is 0 Å². The Morgan fingerprint density at radius 3 is 2.55 bits per heavy atom. The van der Waals surface area contributed by atoms with Gasteiger partial charge in [-0.1, -0.05) is 12.5 Å². The fourth-order valence-electron chi connectivity index (χ4n) is 3.49. The summed E-state index contributed by atoms with van der Waals surface area (Å²) >= 11 is 0. The van der Waals surface area contributed by atoms with Crippen LogP contribution in [0.25, 0.3) is 10.9 Å². The zero-order valence-electron chi connectivity index (χ0n) is 13.4. The van der Waals surface area contributed by atoms with Crippen molar-refractivity contribution in [1.29, 1.82) is 0 Å². The second kappa shape index (κ2) is 6.13. The van der Waals surface area contributed by atoms with Crippen LogP contribution in [0.5, 0.6) is 0 Å². The van der Waals surface area contributed by atoms with Crippen LogP contribution < -0.4 is 0 Å². The van der Waals surface area contributed by atoms with Crippen LogP contribution in [0.2, 0.25) is 0 Å². The monoisotopic (exact) mass is 300 g/mol. The summed E-state index contributed by atoms with van der Waals surface area (Å²) < 4.78 is 2.29. The molecule has 2 heterocycles. The van der Waals surface area contributed by atoms with E-state index in [0.717, 1.165) is 17.4 Å². The van der Waals surface area contributed by atoms with Gasteiger partial charge in [-0.3, -0.25) is 4.90 Å². The number of nitrogens with zero attached hydrogens (tertiary/aromatic N) is 2. The van der Waals surface area contributed by atoms with E-state index in [1.165, 1.54) is 38.0 Å². The molecule has 22 heavy (non-hydrogen) atoms. The first-order chi connectivity index (χ1) is 10.6. The molecule has 0 saturated carbocycles. The zero-order chi connectivity index (χ0) is 15.7. The summed E-state index contributed by atoms with van der Waals surface area (Å²) in [4.78, 5) is 13.7. The lowest BCUT2D eigenvalue weighted by atomic mass is 10.1. The lowest BCUT2D eigenvalue weighted by molar-refractivity contribution is 0.0697. The number of likely N-dealkylation sites (tertiary alicyclic amines) is 1. The first-order valence-corrected chi connectivity index (χ1v) is 8.16. The molecular weight excluding hydrogens is 276 g/mol. The molecule has 118 valence electrons. The second-order valence-electron chi connectivity index (χ2n) is 6.51. The molecule has 0 aliphatic carbocycles. The fraction of sp³-hybridized carbons (Fsp3) is 0.500. The van der Waals surface area contributed by atoms with E-state index >= 15 is 0 Å². The van der Waals surface area contributed by atoms with E-state index in [1.54, 1.807) is 12.1 Å². The molecule has 1 aliphatic heterocycles. The van der Waals surface area contributed by atoms with E-state index in [9.17, 15) is 9.90 Å². The molecule has 4 nitrogen and oxygen atoms in total. The van der Waals surface area contributed by atoms with Gasteiger partial charge in [0, 0.05) is 23.8 Å². The number of aromatic nitrogens is 1. The van der Waals surface area contributed by atoms with Crippen molar-refractivity contribution in [3.8, 4) is 0 Å². The molecule has 0 spiro atoms. The van der Waals surface area contributed by atoms with Gasteiger partial charge in [0.25, 0.3) is 0 Å². The highest BCUT2D eigenvalue weighted by atomic mass is 16.4. The molecule has 0 bridgehead atoms. The van der Waals surface area contributed by atoms with E-state index in [-0.39, 0.29) is 0 Å². The summed E-state index contributed by atoms with van der Waals surface area (Å²) in [5, 5.41) is 10.4. The van der Waals surface area contributed by atoms with Crippen LogP contribution in [0.4, 0.5) is 0 Å². The first-order valence-electron chi connectivity index (χ1n) is 8.16. The van der Waals surface area contributed by atoms with Gasteiger partial charge in [-0.05, 0) is 63.4 Å². The normalized spacial score (nSPS) is 16.5.